The first-order chi connectivity index (χ1) is 17.0. The molecular formula is C28H24ClN3O3. The largest absolute Gasteiger partial charge is 0.465 e. The molecule has 0 radical (unpaired) electrons. The molecule has 2 amide bonds. The first-order valence-corrected chi connectivity index (χ1v) is 11.6. The Morgan fingerprint density at radius 3 is 2.54 bits per heavy atom. The normalized spacial score (nSPS) is 14.5. The smallest absolute Gasteiger partial charge is 0.339 e. The summed E-state index contributed by atoms with van der Waals surface area (Å²) in [6.45, 7) is 2.41. The molecule has 0 aliphatic carbocycles. The molecule has 35 heavy (non-hydrogen) atoms. The van der Waals surface area contributed by atoms with E-state index in [0.29, 0.717) is 17.3 Å². The maximum atomic E-state index is 13.9. The van der Waals surface area contributed by atoms with Gasteiger partial charge in [-0.3, -0.25) is 0 Å². The third kappa shape index (κ3) is 4.29. The van der Waals surface area contributed by atoms with Crippen LogP contribution < -0.4 is 5.32 Å². The molecule has 0 saturated heterocycles. The molecule has 0 saturated carbocycles. The van der Waals surface area contributed by atoms with Gasteiger partial charge in [-0.15, -0.1) is 0 Å². The van der Waals surface area contributed by atoms with E-state index in [9.17, 15) is 9.59 Å². The topological polar surface area (TPSA) is 63.6 Å². The lowest BCUT2D eigenvalue weighted by atomic mass is 10.0. The van der Waals surface area contributed by atoms with Crippen LogP contribution in [0.2, 0.25) is 5.02 Å². The molecule has 4 aromatic rings. The number of carbonyl (C=O) groups excluding carboxylic acids is 2. The van der Waals surface area contributed by atoms with E-state index in [1.54, 1.807) is 23.1 Å². The van der Waals surface area contributed by atoms with E-state index in [0.717, 1.165) is 28.1 Å². The fourth-order valence-corrected chi connectivity index (χ4v) is 4.71. The van der Waals surface area contributed by atoms with Gasteiger partial charge in [-0.05, 0) is 54.4 Å². The maximum Gasteiger partial charge on any atom is 0.339 e. The number of methoxy groups -OCH3 is 1. The molecule has 0 unspecified atom stereocenters. The van der Waals surface area contributed by atoms with E-state index in [1.807, 2.05) is 67.7 Å². The molecule has 1 N–H and O–H groups in total. The van der Waals surface area contributed by atoms with Gasteiger partial charge in [-0.25, -0.2) is 9.59 Å². The molecule has 1 aromatic heterocycles. The molecule has 5 rings (SSSR count). The number of para-hydroxylation sites is 1. The van der Waals surface area contributed by atoms with Crippen LogP contribution in [0.1, 0.15) is 38.8 Å². The zero-order chi connectivity index (χ0) is 24.5. The van der Waals surface area contributed by atoms with Crippen LogP contribution in [0.25, 0.3) is 5.69 Å². The van der Waals surface area contributed by atoms with Gasteiger partial charge in [-0.1, -0.05) is 59.6 Å². The van der Waals surface area contributed by atoms with Gasteiger partial charge >= 0.3 is 12.0 Å². The number of aromatic nitrogens is 1. The number of hydrogen-bond acceptors (Lipinski definition) is 3. The van der Waals surface area contributed by atoms with Crippen molar-refractivity contribution in [2.24, 2.45) is 0 Å². The van der Waals surface area contributed by atoms with E-state index in [4.69, 9.17) is 16.3 Å². The van der Waals surface area contributed by atoms with Crippen LogP contribution in [-0.4, -0.2) is 28.6 Å². The molecule has 1 aliphatic heterocycles. The highest BCUT2D eigenvalue weighted by Crippen LogP contribution is 2.37. The third-order valence-electron chi connectivity index (χ3n) is 6.25. The molecule has 2 heterocycles. The zero-order valence-corrected chi connectivity index (χ0v) is 20.1. The second-order valence-electron chi connectivity index (χ2n) is 8.48. The van der Waals surface area contributed by atoms with Crippen molar-refractivity contribution >= 4 is 29.3 Å². The summed E-state index contributed by atoms with van der Waals surface area (Å²) in [5.41, 5.74) is 5.65. The summed E-state index contributed by atoms with van der Waals surface area (Å²) in [4.78, 5) is 28.0. The Morgan fingerprint density at radius 1 is 1.00 bits per heavy atom. The summed E-state index contributed by atoms with van der Waals surface area (Å²) in [5, 5.41) is 3.32. The van der Waals surface area contributed by atoms with E-state index < -0.39 is 5.97 Å². The summed E-state index contributed by atoms with van der Waals surface area (Å²) in [5.74, 6) is -0.554. The number of urea groups is 1. The predicted molar refractivity (Wildman–Crippen MR) is 136 cm³/mol. The Hall–Kier alpha value is -4.03. The number of aryl methyl sites for hydroxylation is 1. The summed E-state index contributed by atoms with van der Waals surface area (Å²) < 4.78 is 7.03. The fourth-order valence-electron chi connectivity index (χ4n) is 4.53. The molecule has 0 spiro atoms. The number of carbonyl (C=O) groups is 2. The van der Waals surface area contributed by atoms with Crippen molar-refractivity contribution in [3.8, 4) is 5.69 Å². The van der Waals surface area contributed by atoms with Crippen molar-refractivity contribution in [2.45, 2.75) is 19.5 Å². The number of hydrogen-bond donors (Lipinski definition) is 1. The van der Waals surface area contributed by atoms with Gasteiger partial charge < -0.3 is 19.5 Å². The Morgan fingerprint density at radius 2 is 1.77 bits per heavy atom. The van der Waals surface area contributed by atoms with Crippen LogP contribution in [0, 0.1) is 6.92 Å². The highest BCUT2D eigenvalue weighted by molar-refractivity contribution is 6.31. The van der Waals surface area contributed by atoms with Crippen molar-refractivity contribution in [3.63, 3.8) is 0 Å². The van der Waals surface area contributed by atoms with Crippen LogP contribution in [0.4, 0.5) is 10.5 Å². The van der Waals surface area contributed by atoms with Gasteiger partial charge in [-0.2, -0.15) is 0 Å². The van der Waals surface area contributed by atoms with E-state index in [1.165, 1.54) is 7.11 Å². The fraction of sp³-hybridized carbons (Fsp3) is 0.143. The standard InChI is InChI=1S/C28H24ClN3O3/c1-18-9-11-19(12-10-18)26-25-8-5-15-31(25)24-7-4-3-6-20(24)17-32(26)28(34)30-23-16-21(29)13-14-22(23)27(33)35-2/h3-16,26H,17H2,1-2H3,(H,30,34)/t26-/m0/s1. The van der Waals surface area contributed by atoms with Gasteiger partial charge in [0.05, 0.1) is 36.6 Å². The van der Waals surface area contributed by atoms with Crippen LogP contribution in [-0.2, 0) is 11.3 Å². The van der Waals surface area contributed by atoms with E-state index >= 15 is 0 Å². The number of ether oxygens (including phenoxy) is 1. The Kier molecular flexibility index (Phi) is 6.05. The molecule has 3 aromatic carbocycles. The first kappa shape index (κ1) is 22.7. The minimum absolute atomic E-state index is 0.232. The van der Waals surface area contributed by atoms with Crippen molar-refractivity contribution in [1.29, 1.82) is 0 Å². The average Bonchev–Trinajstić information content (AvgIpc) is 3.29. The summed E-state index contributed by atoms with van der Waals surface area (Å²) >= 11 is 6.20. The lowest BCUT2D eigenvalue weighted by Gasteiger charge is -2.31. The quantitative estimate of drug-likeness (QED) is 0.343. The first-order valence-electron chi connectivity index (χ1n) is 11.2. The van der Waals surface area contributed by atoms with Crippen molar-refractivity contribution in [2.75, 3.05) is 12.4 Å². The summed E-state index contributed by atoms with van der Waals surface area (Å²) in [6.07, 6.45) is 2.02. The van der Waals surface area contributed by atoms with Gasteiger partial charge in [0.15, 0.2) is 0 Å². The summed E-state index contributed by atoms with van der Waals surface area (Å²) in [7, 11) is 1.30. The van der Waals surface area contributed by atoms with Crippen LogP contribution in [0.3, 0.4) is 0 Å². The number of benzene rings is 3. The Bertz CT molecular complexity index is 1410. The molecule has 7 heteroatoms. The summed E-state index contributed by atoms with van der Waals surface area (Å²) in [6, 6.07) is 24.2. The SMILES string of the molecule is COC(=O)c1ccc(Cl)cc1NC(=O)N1Cc2ccccc2-n2cccc2[C@@H]1c1ccc(C)cc1. The molecule has 176 valence electrons. The van der Waals surface area contributed by atoms with Gasteiger partial charge in [0.2, 0.25) is 0 Å². The molecule has 6 nitrogen and oxygen atoms in total. The Balaban J connectivity index is 1.62. The van der Waals surface area contributed by atoms with Crippen molar-refractivity contribution < 1.29 is 14.3 Å². The number of nitrogens with zero attached hydrogens (tertiary/aromatic N) is 2. The van der Waals surface area contributed by atoms with Crippen LogP contribution >= 0.6 is 11.6 Å². The van der Waals surface area contributed by atoms with Crippen molar-refractivity contribution in [1.82, 2.24) is 9.47 Å². The lowest BCUT2D eigenvalue weighted by molar-refractivity contribution is 0.0602. The lowest BCUT2D eigenvalue weighted by Crippen LogP contribution is -2.38. The van der Waals surface area contributed by atoms with E-state index in [2.05, 4.69) is 16.0 Å². The van der Waals surface area contributed by atoms with Crippen LogP contribution in [0.5, 0.6) is 0 Å². The zero-order valence-electron chi connectivity index (χ0n) is 19.4. The maximum absolute atomic E-state index is 13.9. The minimum Gasteiger partial charge on any atom is -0.465 e. The highest BCUT2D eigenvalue weighted by atomic mass is 35.5. The second kappa shape index (κ2) is 9.31. The van der Waals surface area contributed by atoms with Crippen LogP contribution in [0.15, 0.2) is 85.1 Å². The minimum atomic E-state index is -0.554. The Labute approximate surface area is 208 Å². The number of fused-ring (bicyclic) bond motifs is 3. The molecule has 0 fully saturated rings. The monoisotopic (exact) mass is 485 g/mol. The van der Waals surface area contributed by atoms with E-state index in [-0.39, 0.29) is 17.6 Å². The highest BCUT2D eigenvalue weighted by Gasteiger charge is 2.33. The average molecular weight is 486 g/mol. The van der Waals surface area contributed by atoms with Crippen molar-refractivity contribution in [3.05, 3.63) is 118 Å². The van der Waals surface area contributed by atoms with Gasteiger partial charge in [0.1, 0.15) is 0 Å². The predicted octanol–water partition coefficient (Wildman–Crippen LogP) is 6.36. The number of halogens is 1. The molecular weight excluding hydrogens is 462 g/mol. The molecule has 0 bridgehead atoms. The molecule has 1 aliphatic rings. The number of amides is 2. The second-order valence-corrected chi connectivity index (χ2v) is 8.92. The van der Waals surface area contributed by atoms with Gasteiger partial charge in [0, 0.05) is 16.9 Å². The number of anilines is 1. The van der Waals surface area contributed by atoms with Gasteiger partial charge in [0.25, 0.3) is 0 Å². The molecule has 1 atom stereocenters. The number of rotatable bonds is 3. The number of esters is 1. The number of nitrogens with one attached hydrogen (secondary N) is 1. The third-order valence-corrected chi connectivity index (χ3v) is 6.48.